The number of aryl methyl sites for hydroxylation is 2. The lowest BCUT2D eigenvalue weighted by Crippen LogP contribution is -2.08. The number of ketones is 1. The minimum atomic E-state index is -0.412. The number of Topliss-reactive ketones (excluding diaryl/α,β-unsaturated/α-hetero) is 1. The normalized spacial score (nSPS) is 10.5. The van der Waals surface area contributed by atoms with Gasteiger partial charge in [0.15, 0.2) is 5.78 Å². The Morgan fingerprint density at radius 2 is 1.82 bits per heavy atom. The first-order valence-electron chi connectivity index (χ1n) is 7.48. The van der Waals surface area contributed by atoms with Crippen LogP contribution in [-0.2, 0) is 11.2 Å². The summed E-state index contributed by atoms with van der Waals surface area (Å²) in [5.41, 5.74) is 3.52. The van der Waals surface area contributed by atoms with Gasteiger partial charge in [0, 0.05) is 17.7 Å². The molecule has 0 saturated heterocycles. The van der Waals surface area contributed by atoms with E-state index in [0.717, 1.165) is 11.3 Å². The van der Waals surface area contributed by atoms with E-state index in [1.807, 2.05) is 37.3 Å². The fourth-order valence-corrected chi connectivity index (χ4v) is 2.60. The molecule has 0 aliphatic carbocycles. The van der Waals surface area contributed by atoms with Gasteiger partial charge in [0.2, 0.25) is 0 Å². The molecule has 0 saturated carbocycles. The Hall–Kier alpha value is -2.36. The molecule has 2 rings (SSSR count). The van der Waals surface area contributed by atoms with Gasteiger partial charge in [0.25, 0.3) is 0 Å². The third-order valence-corrected chi connectivity index (χ3v) is 3.68. The summed E-state index contributed by atoms with van der Waals surface area (Å²) >= 11 is 0. The maximum Gasteiger partial charge on any atom is 0.355 e. The summed E-state index contributed by atoms with van der Waals surface area (Å²) < 4.78 is 5.00. The highest BCUT2D eigenvalue weighted by Gasteiger charge is 2.22. The molecule has 0 aliphatic heterocycles. The molecule has 0 unspecified atom stereocenters. The average Bonchev–Trinajstić information content (AvgIpc) is 2.81. The molecule has 0 spiro atoms. The molecule has 0 amide bonds. The number of hydrogen-bond acceptors (Lipinski definition) is 3. The van der Waals surface area contributed by atoms with Crippen LogP contribution in [0.3, 0.4) is 0 Å². The standard InChI is InChI=1S/C18H21NO3/c1-4-22-18(21)17-12(2)16(13(3)19-17)15(20)11-10-14-8-6-5-7-9-14/h5-9,19H,4,10-11H2,1-3H3. The molecule has 0 fully saturated rings. The number of carbonyl (C=O) groups excluding carboxylic acids is 2. The molecule has 4 heteroatoms. The van der Waals surface area contributed by atoms with Gasteiger partial charge in [-0.05, 0) is 38.3 Å². The van der Waals surface area contributed by atoms with Crippen LogP contribution in [0.25, 0.3) is 0 Å². The topological polar surface area (TPSA) is 59.2 Å². The highest BCUT2D eigenvalue weighted by molar-refractivity contribution is 6.02. The summed E-state index contributed by atoms with van der Waals surface area (Å²) in [6.07, 6.45) is 1.12. The van der Waals surface area contributed by atoms with E-state index in [9.17, 15) is 9.59 Å². The van der Waals surface area contributed by atoms with Crippen molar-refractivity contribution in [3.05, 3.63) is 58.4 Å². The van der Waals surface area contributed by atoms with Gasteiger partial charge in [-0.2, -0.15) is 0 Å². The first-order chi connectivity index (χ1) is 10.5. The second kappa shape index (κ2) is 7.07. The zero-order valence-electron chi connectivity index (χ0n) is 13.2. The second-order valence-electron chi connectivity index (χ2n) is 5.25. The van der Waals surface area contributed by atoms with Crippen molar-refractivity contribution < 1.29 is 14.3 Å². The lowest BCUT2D eigenvalue weighted by molar-refractivity contribution is 0.0519. The summed E-state index contributed by atoms with van der Waals surface area (Å²) in [6, 6.07) is 9.90. The molecule has 0 atom stereocenters. The third-order valence-electron chi connectivity index (χ3n) is 3.68. The molecular weight excluding hydrogens is 278 g/mol. The molecular formula is C18H21NO3. The highest BCUT2D eigenvalue weighted by Crippen LogP contribution is 2.21. The Labute approximate surface area is 130 Å². The summed E-state index contributed by atoms with van der Waals surface area (Å²) in [7, 11) is 0. The van der Waals surface area contributed by atoms with Crippen molar-refractivity contribution in [2.75, 3.05) is 6.61 Å². The van der Waals surface area contributed by atoms with E-state index in [1.165, 1.54) is 0 Å². The average molecular weight is 299 g/mol. The number of H-pyrrole nitrogens is 1. The van der Waals surface area contributed by atoms with Gasteiger partial charge in [-0.1, -0.05) is 30.3 Å². The van der Waals surface area contributed by atoms with Crippen molar-refractivity contribution in [1.82, 2.24) is 4.98 Å². The van der Waals surface area contributed by atoms with Crippen molar-refractivity contribution in [2.24, 2.45) is 0 Å². The maximum atomic E-state index is 12.5. The van der Waals surface area contributed by atoms with Crippen LogP contribution in [0.15, 0.2) is 30.3 Å². The van der Waals surface area contributed by atoms with Crippen LogP contribution in [0.5, 0.6) is 0 Å². The van der Waals surface area contributed by atoms with Crippen molar-refractivity contribution in [3.8, 4) is 0 Å². The molecule has 1 heterocycles. The molecule has 116 valence electrons. The molecule has 2 aromatic rings. The van der Waals surface area contributed by atoms with Gasteiger partial charge in [0.1, 0.15) is 5.69 Å². The number of benzene rings is 1. The first kappa shape index (κ1) is 16.0. The highest BCUT2D eigenvalue weighted by atomic mass is 16.5. The van der Waals surface area contributed by atoms with Crippen LogP contribution in [0.1, 0.15) is 51.0 Å². The van der Waals surface area contributed by atoms with Crippen LogP contribution < -0.4 is 0 Å². The molecule has 1 aromatic carbocycles. The van der Waals surface area contributed by atoms with Gasteiger partial charge in [-0.15, -0.1) is 0 Å². The zero-order valence-corrected chi connectivity index (χ0v) is 13.2. The zero-order chi connectivity index (χ0) is 16.1. The number of hydrogen-bond donors (Lipinski definition) is 1. The molecule has 4 nitrogen and oxygen atoms in total. The molecule has 22 heavy (non-hydrogen) atoms. The maximum absolute atomic E-state index is 12.5. The minimum absolute atomic E-state index is 0.0469. The Bertz CT molecular complexity index is 671. The van der Waals surface area contributed by atoms with Gasteiger partial charge < -0.3 is 9.72 Å². The lowest BCUT2D eigenvalue weighted by atomic mass is 10.00. The fraction of sp³-hybridized carbons (Fsp3) is 0.333. The van der Waals surface area contributed by atoms with E-state index in [-0.39, 0.29) is 5.78 Å². The molecule has 0 bridgehead atoms. The van der Waals surface area contributed by atoms with E-state index >= 15 is 0 Å². The molecule has 0 aliphatic rings. The Morgan fingerprint density at radius 1 is 1.14 bits per heavy atom. The van der Waals surface area contributed by atoms with Crippen molar-refractivity contribution in [2.45, 2.75) is 33.6 Å². The third kappa shape index (κ3) is 3.45. The quantitative estimate of drug-likeness (QED) is 0.654. The number of aromatic nitrogens is 1. The Morgan fingerprint density at radius 3 is 2.45 bits per heavy atom. The summed E-state index contributed by atoms with van der Waals surface area (Å²) in [5, 5.41) is 0. The predicted octanol–water partition coefficient (Wildman–Crippen LogP) is 3.62. The molecule has 0 radical (unpaired) electrons. The molecule has 1 N–H and O–H groups in total. The summed E-state index contributed by atoms with van der Waals surface area (Å²) in [4.78, 5) is 27.3. The van der Waals surface area contributed by atoms with E-state index in [4.69, 9.17) is 4.74 Å². The van der Waals surface area contributed by atoms with Crippen molar-refractivity contribution in [3.63, 3.8) is 0 Å². The summed E-state index contributed by atoms with van der Waals surface area (Å²) in [6.45, 7) is 5.67. The lowest BCUT2D eigenvalue weighted by Gasteiger charge is -2.03. The van der Waals surface area contributed by atoms with Gasteiger partial charge in [-0.25, -0.2) is 4.79 Å². The van der Waals surface area contributed by atoms with Gasteiger partial charge in [-0.3, -0.25) is 4.79 Å². The monoisotopic (exact) mass is 299 g/mol. The first-order valence-corrected chi connectivity index (χ1v) is 7.48. The largest absolute Gasteiger partial charge is 0.461 e. The SMILES string of the molecule is CCOC(=O)c1[nH]c(C)c(C(=O)CCc2ccccc2)c1C. The number of rotatable bonds is 6. The van der Waals surface area contributed by atoms with Crippen LogP contribution in [-0.4, -0.2) is 23.3 Å². The number of carbonyl (C=O) groups is 2. The predicted molar refractivity (Wildman–Crippen MR) is 85.3 cm³/mol. The van der Waals surface area contributed by atoms with Gasteiger partial charge in [0.05, 0.1) is 6.61 Å². The number of aromatic amines is 1. The number of ether oxygens (including phenoxy) is 1. The Balaban J connectivity index is 2.14. The van der Waals surface area contributed by atoms with Crippen LogP contribution in [0, 0.1) is 13.8 Å². The smallest absolute Gasteiger partial charge is 0.355 e. The Kier molecular flexibility index (Phi) is 5.15. The van der Waals surface area contributed by atoms with Crippen LogP contribution in [0.4, 0.5) is 0 Å². The van der Waals surface area contributed by atoms with Crippen LogP contribution >= 0.6 is 0 Å². The van der Waals surface area contributed by atoms with E-state index in [1.54, 1.807) is 13.8 Å². The molecule has 1 aromatic heterocycles. The van der Waals surface area contributed by atoms with Gasteiger partial charge >= 0.3 is 5.97 Å². The van der Waals surface area contributed by atoms with E-state index in [0.29, 0.717) is 36.3 Å². The van der Waals surface area contributed by atoms with E-state index in [2.05, 4.69) is 4.98 Å². The summed E-state index contributed by atoms with van der Waals surface area (Å²) in [5.74, 6) is -0.365. The minimum Gasteiger partial charge on any atom is -0.461 e. The number of esters is 1. The van der Waals surface area contributed by atoms with E-state index < -0.39 is 5.97 Å². The van der Waals surface area contributed by atoms with Crippen LogP contribution in [0.2, 0.25) is 0 Å². The number of nitrogens with one attached hydrogen (secondary N) is 1. The van der Waals surface area contributed by atoms with Crippen molar-refractivity contribution in [1.29, 1.82) is 0 Å². The van der Waals surface area contributed by atoms with Crippen molar-refractivity contribution >= 4 is 11.8 Å². The second-order valence-corrected chi connectivity index (χ2v) is 5.25. The fourth-order valence-electron chi connectivity index (χ4n) is 2.60.